The van der Waals surface area contributed by atoms with E-state index in [0.717, 1.165) is 25.5 Å². The maximum absolute atomic E-state index is 8.74. The molecule has 0 saturated heterocycles. The predicted molar refractivity (Wildman–Crippen MR) is 82.4 cm³/mol. The fourth-order valence-corrected chi connectivity index (χ4v) is 1.85. The lowest BCUT2D eigenvalue weighted by Crippen LogP contribution is -2.35. The molecule has 6 nitrogen and oxygen atoms in total. The Labute approximate surface area is 120 Å². The molecule has 1 heterocycles. The molecule has 1 rings (SSSR count). The van der Waals surface area contributed by atoms with Crippen molar-refractivity contribution in [3.63, 3.8) is 0 Å². The number of anilines is 1. The Kier molecular flexibility index (Phi) is 6.24. The molecular weight excluding hydrogens is 254 g/mol. The number of hydrogen-bond donors (Lipinski definition) is 2. The van der Waals surface area contributed by atoms with E-state index in [4.69, 9.17) is 10.9 Å². The summed E-state index contributed by atoms with van der Waals surface area (Å²) in [4.78, 5) is 8.83. The van der Waals surface area contributed by atoms with Crippen LogP contribution in [0.15, 0.2) is 23.4 Å². The molecule has 1 aromatic rings. The molecule has 0 atom stereocenters. The SMILES string of the molecule is CC(C)CN(CCN(C)C)c1cccc(C(N)=NO)n1. The van der Waals surface area contributed by atoms with Crippen molar-refractivity contribution < 1.29 is 5.21 Å². The summed E-state index contributed by atoms with van der Waals surface area (Å²) in [5, 5.41) is 11.7. The van der Waals surface area contributed by atoms with Crippen molar-refractivity contribution in [3.05, 3.63) is 23.9 Å². The molecule has 0 fully saturated rings. The molecule has 0 unspecified atom stereocenters. The maximum Gasteiger partial charge on any atom is 0.188 e. The van der Waals surface area contributed by atoms with Crippen molar-refractivity contribution in [1.82, 2.24) is 9.88 Å². The minimum atomic E-state index is 0.0314. The molecule has 0 aliphatic rings. The number of aromatic nitrogens is 1. The third-order valence-electron chi connectivity index (χ3n) is 2.83. The van der Waals surface area contributed by atoms with Gasteiger partial charge in [0.2, 0.25) is 0 Å². The molecule has 3 N–H and O–H groups in total. The van der Waals surface area contributed by atoms with Crippen molar-refractivity contribution in [2.75, 3.05) is 38.6 Å². The first kappa shape index (κ1) is 16.2. The largest absolute Gasteiger partial charge is 0.409 e. The zero-order valence-electron chi connectivity index (χ0n) is 12.7. The van der Waals surface area contributed by atoms with E-state index in [9.17, 15) is 0 Å². The molecule has 0 spiro atoms. The predicted octanol–water partition coefficient (Wildman–Crippen LogP) is 1.20. The summed E-state index contributed by atoms with van der Waals surface area (Å²) in [6, 6.07) is 5.56. The number of rotatable bonds is 7. The lowest BCUT2D eigenvalue weighted by atomic mass is 10.2. The minimum absolute atomic E-state index is 0.0314. The molecule has 0 saturated carbocycles. The summed E-state index contributed by atoms with van der Waals surface area (Å²) in [5.41, 5.74) is 6.09. The van der Waals surface area contributed by atoms with Gasteiger partial charge in [0, 0.05) is 19.6 Å². The molecule has 0 radical (unpaired) electrons. The summed E-state index contributed by atoms with van der Waals surface area (Å²) < 4.78 is 0. The minimum Gasteiger partial charge on any atom is -0.409 e. The molecule has 0 aliphatic carbocycles. The molecule has 20 heavy (non-hydrogen) atoms. The zero-order valence-corrected chi connectivity index (χ0v) is 12.7. The van der Waals surface area contributed by atoms with Crippen molar-refractivity contribution in [3.8, 4) is 0 Å². The molecule has 0 amide bonds. The molecule has 0 aliphatic heterocycles. The monoisotopic (exact) mass is 279 g/mol. The van der Waals surface area contributed by atoms with Gasteiger partial charge in [-0.05, 0) is 32.1 Å². The maximum atomic E-state index is 8.74. The van der Waals surface area contributed by atoms with Gasteiger partial charge < -0.3 is 20.7 Å². The van der Waals surface area contributed by atoms with E-state index in [0.29, 0.717) is 11.6 Å². The van der Waals surface area contributed by atoms with Gasteiger partial charge in [0.05, 0.1) is 0 Å². The van der Waals surface area contributed by atoms with Crippen LogP contribution in [0.1, 0.15) is 19.5 Å². The third-order valence-corrected chi connectivity index (χ3v) is 2.83. The number of nitrogens with zero attached hydrogens (tertiary/aromatic N) is 4. The number of likely N-dealkylation sites (N-methyl/N-ethyl adjacent to an activating group) is 1. The molecule has 6 heteroatoms. The van der Waals surface area contributed by atoms with Crippen molar-refractivity contribution in [1.29, 1.82) is 0 Å². The van der Waals surface area contributed by atoms with Crippen LogP contribution in [-0.2, 0) is 0 Å². The van der Waals surface area contributed by atoms with Crippen LogP contribution in [-0.4, -0.2) is 54.7 Å². The van der Waals surface area contributed by atoms with Crippen LogP contribution in [0.3, 0.4) is 0 Å². The Balaban J connectivity index is 2.94. The summed E-state index contributed by atoms with van der Waals surface area (Å²) >= 11 is 0. The molecule has 112 valence electrons. The van der Waals surface area contributed by atoms with Crippen LogP contribution in [0.4, 0.5) is 5.82 Å². The number of oxime groups is 1. The smallest absolute Gasteiger partial charge is 0.188 e. The topological polar surface area (TPSA) is 78.0 Å². The van der Waals surface area contributed by atoms with Gasteiger partial charge in [-0.15, -0.1) is 0 Å². The molecular formula is C14H25N5O. The lowest BCUT2D eigenvalue weighted by molar-refractivity contribution is 0.318. The van der Waals surface area contributed by atoms with Crippen LogP contribution in [0.2, 0.25) is 0 Å². The number of hydrogen-bond acceptors (Lipinski definition) is 5. The Morgan fingerprint density at radius 2 is 2.05 bits per heavy atom. The van der Waals surface area contributed by atoms with Gasteiger partial charge in [0.1, 0.15) is 11.5 Å². The van der Waals surface area contributed by atoms with Crippen LogP contribution >= 0.6 is 0 Å². The van der Waals surface area contributed by atoms with E-state index in [1.54, 1.807) is 6.07 Å². The second kappa shape index (κ2) is 7.69. The Morgan fingerprint density at radius 3 is 2.60 bits per heavy atom. The summed E-state index contributed by atoms with van der Waals surface area (Å²) in [6.45, 7) is 7.10. The van der Waals surface area contributed by atoms with E-state index in [1.807, 2.05) is 26.2 Å². The van der Waals surface area contributed by atoms with E-state index in [-0.39, 0.29) is 5.84 Å². The van der Waals surface area contributed by atoms with E-state index in [2.05, 4.69) is 33.8 Å². The zero-order chi connectivity index (χ0) is 15.1. The quantitative estimate of drug-likeness (QED) is 0.339. The average molecular weight is 279 g/mol. The first-order valence-corrected chi connectivity index (χ1v) is 6.78. The molecule has 0 aromatic carbocycles. The third kappa shape index (κ3) is 5.05. The van der Waals surface area contributed by atoms with E-state index >= 15 is 0 Å². The van der Waals surface area contributed by atoms with Gasteiger partial charge >= 0.3 is 0 Å². The van der Waals surface area contributed by atoms with Gasteiger partial charge in [0.15, 0.2) is 5.84 Å². The highest BCUT2D eigenvalue weighted by Crippen LogP contribution is 2.13. The van der Waals surface area contributed by atoms with Crippen molar-refractivity contribution in [2.24, 2.45) is 16.8 Å². The van der Waals surface area contributed by atoms with Crippen molar-refractivity contribution >= 4 is 11.7 Å². The lowest BCUT2D eigenvalue weighted by Gasteiger charge is -2.27. The fraction of sp³-hybridized carbons (Fsp3) is 0.571. The van der Waals surface area contributed by atoms with Crippen LogP contribution in [0.5, 0.6) is 0 Å². The number of amidine groups is 1. The highest BCUT2D eigenvalue weighted by molar-refractivity contribution is 5.95. The van der Waals surface area contributed by atoms with Gasteiger partial charge in [0.25, 0.3) is 0 Å². The van der Waals surface area contributed by atoms with Crippen LogP contribution in [0, 0.1) is 5.92 Å². The first-order valence-electron chi connectivity index (χ1n) is 6.78. The van der Waals surface area contributed by atoms with E-state index in [1.165, 1.54) is 0 Å². The van der Waals surface area contributed by atoms with Gasteiger partial charge in [-0.25, -0.2) is 4.98 Å². The van der Waals surface area contributed by atoms with Crippen molar-refractivity contribution in [2.45, 2.75) is 13.8 Å². The van der Waals surface area contributed by atoms with Gasteiger partial charge in [-0.3, -0.25) is 0 Å². The fourth-order valence-electron chi connectivity index (χ4n) is 1.85. The molecule has 0 bridgehead atoms. The Bertz CT molecular complexity index is 445. The Hall–Kier alpha value is -1.82. The van der Waals surface area contributed by atoms with E-state index < -0.39 is 0 Å². The van der Waals surface area contributed by atoms with Crippen LogP contribution < -0.4 is 10.6 Å². The normalized spacial score (nSPS) is 12.2. The highest BCUT2D eigenvalue weighted by Gasteiger charge is 2.12. The second-order valence-corrected chi connectivity index (χ2v) is 5.51. The summed E-state index contributed by atoms with van der Waals surface area (Å²) in [5.74, 6) is 1.42. The Morgan fingerprint density at radius 1 is 1.35 bits per heavy atom. The second-order valence-electron chi connectivity index (χ2n) is 5.51. The number of nitrogens with two attached hydrogens (primary N) is 1. The molecule has 1 aromatic heterocycles. The van der Waals surface area contributed by atoms with Gasteiger partial charge in [-0.2, -0.15) is 0 Å². The first-order chi connectivity index (χ1) is 9.43. The standard InChI is InChI=1S/C14H25N5O/c1-11(2)10-19(9-8-18(3)4)13-7-5-6-12(16-13)14(15)17-20/h5-7,11,20H,8-10H2,1-4H3,(H2,15,17). The van der Waals surface area contributed by atoms with Crippen LogP contribution in [0.25, 0.3) is 0 Å². The number of pyridine rings is 1. The highest BCUT2D eigenvalue weighted by atomic mass is 16.4. The summed E-state index contributed by atoms with van der Waals surface area (Å²) in [7, 11) is 4.10. The van der Waals surface area contributed by atoms with Gasteiger partial charge in [-0.1, -0.05) is 25.1 Å². The summed E-state index contributed by atoms with van der Waals surface area (Å²) in [6.07, 6.45) is 0. The average Bonchev–Trinajstić information content (AvgIpc) is 2.42.